The van der Waals surface area contributed by atoms with E-state index in [2.05, 4.69) is 25.3 Å². The minimum absolute atomic E-state index is 0.167. The number of benzene rings is 1. The van der Waals surface area contributed by atoms with Crippen LogP contribution in [-0.2, 0) is 11.3 Å². The van der Waals surface area contributed by atoms with Gasteiger partial charge in [0, 0.05) is 39.4 Å². The van der Waals surface area contributed by atoms with Crippen LogP contribution in [0.3, 0.4) is 0 Å². The molecule has 0 radical (unpaired) electrons. The van der Waals surface area contributed by atoms with E-state index in [4.69, 9.17) is 4.74 Å². The van der Waals surface area contributed by atoms with Crippen molar-refractivity contribution < 1.29 is 18.3 Å². The smallest absolute Gasteiger partial charge is 0.387 e. The molecule has 0 aliphatic carbocycles. The fourth-order valence-electron chi connectivity index (χ4n) is 2.18. The summed E-state index contributed by atoms with van der Waals surface area (Å²) in [5.41, 5.74) is 0.644. The maximum absolute atomic E-state index is 12.4. The zero-order valence-electron chi connectivity index (χ0n) is 15.1. The number of alkyl halides is 2. The van der Waals surface area contributed by atoms with Crippen molar-refractivity contribution in [2.75, 3.05) is 47.4 Å². The molecule has 142 valence electrons. The number of rotatable bonds is 11. The molecule has 0 bridgehead atoms. The summed E-state index contributed by atoms with van der Waals surface area (Å²) in [6, 6.07) is 6.70. The molecule has 0 atom stereocenters. The first kappa shape index (κ1) is 21.1. The summed E-state index contributed by atoms with van der Waals surface area (Å²) in [6.45, 7) is 0.812. The van der Waals surface area contributed by atoms with Crippen LogP contribution in [0.25, 0.3) is 0 Å². The number of likely N-dealkylation sites (N-methyl/N-ethyl adjacent to an activating group) is 1. The number of para-hydroxylation sites is 1. The van der Waals surface area contributed by atoms with Gasteiger partial charge in [-0.15, -0.1) is 0 Å². The predicted molar refractivity (Wildman–Crippen MR) is 95.3 cm³/mol. The standard InChI is InChI=1S/C17H28F2N4O2/c1-20-17(21-9-6-10-23(2)11-12-24-3)22-13-14-7-4-5-8-15(14)25-16(18)19/h4-5,7-8,16H,6,9-13H2,1-3H3,(H2,20,21,22). The number of nitrogens with zero attached hydrogens (tertiary/aromatic N) is 2. The number of methoxy groups -OCH3 is 1. The zero-order chi connectivity index (χ0) is 18.5. The highest BCUT2D eigenvalue weighted by molar-refractivity contribution is 5.79. The van der Waals surface area contributed by atoms with Gasteiger partial charge in [-0.1, -0.05) is 18.2 Å². The average Bonchev–Trinajstić information content (AvgIpc) is 2.60. The highest BCUT2D eigenvalue weighted by Crippen LogP contribution is 2.19. The Balaban J connectivity index is 2.35. The van der Waals surface area contributed by atoms with Crippen molar-refractivity contribution in [2.45, 2.75) is 19.6 Å². The Morgan fingerprint density at radius 3 is 2.68 bits per heavy atom. The van der Waals surface area contributed by atoms with E-state index in [-0.39, 0.29) is 5.75 Å². The lowest BCUT2D eigenvalue weighted by Crippen LogP contribution is -2.38. The van der Waals surface area contributed by atoms with Gasteiger partial charge in [0.2, 0.25) is 0 Å². The summed E-state index contributed by atoms with van der Waals surface area (Å²) < 4.78 is 34.4. The molecule has 6 nitrogen and oxygen atoms in total. The topological polar surface area (TPSA) is 58.1 Å². The molecule has 1 aromatic rings. The lowest BCUT2D eigenvalue weighted by atomic mass is 10.2. The highest BCUT2D eigenvalue weighted by atomic mass is 19.3. The van der Waals surface area contributed by atoms with Crippen LogP contribution in [0.5, 0.6) is 5.75 Å². The molecule has 0 aliphatic rings. The van der Waals surface area contributed by atoms with Gasteiger partial charge in [0.15, 0.2) is 5.96 Å². The van der Waals surface area contributed by atoms with Crippen LogP contribution in [-0.4, -0.2) is 64.9 Å². The third kappa shape index (κ3) is 9.21. The van der Waals surface area contributed by atoms with Crippen molar-refractivity contribution in [3.63, 3.8) is 0 Å². The van der Waals surface area contributed by atoms with Crippen molar-refractivity contribution in [3.8, 4) is 5.75 Å². The van der Waals surface area contributed by atoms with Gasteiger partial charge in [-0.05, 0) is 26.1 Å². The maximum Gasteiger partial charge on any atom is 0.387 e. The average molecular weight is 358 g/mol. The number of hydrogen-bond donors (Lipinski definition) is 2. The van der Waals surface area contributed by atoms with Crippen molar-refractivity contribution >= 4 is 5.96 Å². The Kier molecular flexibility index (Phi) is 10.5. The van der Waals surface area contributed by atoms with E-state index in [1.807, 2.05) is 7.05 Å². The molecule has 1 aromatic carbocycles. The fourth-order valence-corrected chi connectivity index (χ4v) is 2.18. The van der Waals surface area contributed by atoms with Gasteiger partial charge in [0.1, 0.15) is 5.75 Å². The van der Waals surface area contributed by atoms with Gasteiger partial charge < -0.3 is 25.0 Å². The van der Waals surface area contributed by atoms with Gasteiger partial charge in [-0.2, -0.15) is 8.78 Å². The minimum atomic E-state index is -2.84. The first-order valence-electron chi connectivity index (χ1n) is 8.21. The second-order valence-electron chi connectivity index (χ2n) is 5.49. The monoisotopic (exact) mass is 358 g/mol. The van der Waals surface area contributed by atoms with E-state index in [1.165, 1.54) is 6.07 Å². The van der Waals surface area contributed by atoms with Crippen LogP contribution in [0.1, 0.15) is 12.0 Å². The minimum Gasteiger partial charge on any atom is -0.434 e. The van der Waals surface area contributed by atoms with E-state index < -0.39 is 6.61 Å². The first-order chi connectivity index (χ1) is 12.1. The second kappa shape index (κ2) is 12.4. The van der Waals surface area contributed by atoms with Crippen molar-refractivity contribution in [3.05, 3.63) is 29.8 Å². The highest BCUT2D eigenvalue weighted by Gasteiger charge is 2.09. The number of ether oxygens (including phenoxy) is 2. The molecule has 8 heteroatoms. The number of hydrogen-bond acceptors (Lipinski definition) is 4. The van der Waals surface area contributed by atoms with Crippen LogP contribution in [0, 0.1) is 0 Å². The molecule has 1 rings (SSSR count). The Labute approximate surface area is 148 Å². The maximum atomic E-state index is 12.4. The van der Waals surface area contributed by atoms with Crippen LogP contribution in [0.4, 0.5) is 8.78 Å². The quantitative estimate of drug-likeness (QED) is 0.360. The molecule has 0 spiro atoms. The Bertz CT molecular complexity index is 515. The second-order valence-corrected chi connectivity index (χ2v) is 5.49. The normalized spacial score (nSPS) is 11.9. The zero-order valence-corrected chi connectivity index (χ0v) is 15.1. The summed E-state index contributed by atoms with van der Waals surface area (Å²) in [5.74, 6) is 0.784. The largest absolute Gasteiger partial charge is 0.434 e. The van der Waals surface area contributed by atoms with Crippen LogP contribution < -0.4 is 15.4 Å². The number of nitrogens with one attached hydrogen (secondary N) is 2. The molecule has 0 aliphatic heterocycles. The molecular formula is C17H28F2N4O2. The molecular weight excluding hydrogens is 330 g/mol. The molecule has 0 unspecified atom stereocenters. The van der Waals surface area contributed by atoms with Gasteiger partial charge in [0.05, 0.1) is 6.61 Å². The molecule has 0 aromatic heterocycles. The molecule has 0 amide bonds. The van der Waals surface area contributed by atoms with Crippen molar-refractivity contribution in [2.24, 2.45) is 4.99 Å². The van der Waals surface area contributed by atoms with Crippen molar-refractivity contribution in [1.29, 1.82) is 0 Å². The lowest BCUT2D eigenvalue weighted by molar-refractivity contribution is -0.0504. The number of halogens is 2. The van der Waals surface area contributed by atoms with Gasteiger partial charge >= 0.3 is 6.61 Å². The molecule has 0 saturated heterocycles. The molecule has 0 heterocycles. The van der Waals surface area contributed by atoms with Crippen LogP contribution in [0.15, 0.2) is 29.3 Å². The number of aliphatic imine (C=N–C) groups is 1. The summed E-state index contributed by atoms with van der Waals surface area (Å²) in [7, 11) is 5.41. The molecule has 2 N–H and O–H groups in total. The Morgan fingerprint density at radius 2 is 2.00 bits per heavy atom. The molecule has 25 heavy (non-hydrogen) atoms. The van der Waals surface area contributed by atoms with Crippen molar-refractivity contribution in [1.82, 2.24) is 15.5 Å². The predicted octanol–water partition coefficient (Wildman–Crippen LogP) is 1.92. The van der Waals surface area contributed by atoms with E-state index in [0.29, 0.717) is 24.7 Å². The Morgan fingerprint density at radius 1 is 1.24 bits per heavy atom. The molecule has 0 saturated carbocycles. The van der Waals surface area contributed by atoms with Crippen LogP contribution >= 0.6 is 0 Å². The van der Waals surface area contributed by atoms with E-state index in [9.17, 15) is 8.78 Å². The van der Waals surface area contributed by atoms with E-state index in [0.717, 1.165) is 26.1 Å². The summed E-state index contributed by atoms with van der Waals surface area (Å²) in [5, 5.41) is 6.31. The summed E-state index contributed by atoms with van der Waals surface area (Å²) in [6.07, 6.45) is 0.950. The third-order valence-corrected chi connectivity index (χ3v) is 3.54. The Hall–Kier alpha value is -1.93. The van der Waals surface area contributed by atoms with Gasteiger partial charge in [-0.25, -0.2) is 0 Å². The fraction of sp³-hybridized carbons (Fsp3) is 0.588. The van der Waals surface area contributed by atoms with Gasteiger partial charge in [0.25, 0.3) is 0 Å². The molecule has 0 fully saturated rings. The number of guanidine groups is 1. The summed E-state index contributed by atoms with van der Waals surface area (Å²) in [4.78, 5) is 6.33. The SMILES string of the molecule is CN=C(NCCCN(C)CCOC)NCc1ccccc1OC(F)F. The van der Waals surface area contributed by atoms with E-state index >= 15 is 0 Å². The van der Waals surface area contributed by atoms with Gasteiger partial charge in [-0.3, -0.25) is 4.99 Å². The lowest BCUT2D eigenvalue weighted by Gasteiger charge is -2.17. The van der Waals surface area contributed by atoms with Crippen LogP contribution in [0.2, 0.25) is 0 Å². The first-order valence-corrected chi connectivity index (χ1v) is 8.21. The van der Waals surface area contributed by atoms with E-state index in [1.54, 1.807) is 32.4 Å². The summed E-state index contributed by atoms with van der Waals surface area (Å²) >= 11 is 0. The third-order valence-electron chi connectivity index (χ3n) is 3.54.